The minimum Gasteiger partial charge on any atom is -0.355 e. The Balaban J connectivity index is 3.47. The van der Waals surface area contributed by atoms with Crippen LogP contribution in [0, 0.1) is 0 Å². The van der Waals surface area contributed by atoms with Crippen LogP contribution in [0.5, 0.6) is 0 Å². The molecule has 0 aliphatic heterocycles. The predicted octanol–water partition coefficient (Wildman–Crippen LogP) is 1.86. The van der Waals surface area contributed by atoms with Gasteiger partial charge in [0.25, 0.3) is 0 Å². The molecule has 0 saturated carbocycles. The van der Waals surface area contributed by atoms with E-state index in [1.807, 2.05) is 0 Å². The summed E-state index contributed by atoms with van der Waals surface area (Å²) in [6, 6.07) is 0.260. The van der Waals surface area contributed by atoms with Gasteiger partial charge in [-0.15, -0.1) is 0 Å². The molecule has 0 saturated heterocycles. The third kappa shape index (κ3) is 19.2. The fourth-order valence-electron chi connectivity index (χ4n) is 3.51. The van der Waals surface area contributed by atoms with Crippen LogP contribution in [-0.2, 0) is 4.79 Å². The van der Waals surface area contributed by atoms with Gasteiger partial charge in [0.15, 0.2) is 0 Å². The van der Waals surface area contributed by atoms with Crippen molar-refractivity contribution in [2.75, 3.05) is 45.8 Å². The van der Waals surface area contributed by atoms with Crippen LogP contribution in [0.4, 0.5) is 0 Å². The van der Waals surface area contributed by atoms with Crippen LogP contribution in [-0.4, -0.2) is 63.8 Å². The molecule has 0 aromatic rings. The lowest BCUT2D eigenvalue weighted by Crippen LogP contribution is -2.41. The lowest BCUT2D eigenvalue weighted by Gasteiger charge is -2.17. The highest BCUT2D eigenvalue weighted by molar-refractivity contribution is 5.81. The highest BCUT2D eigenvalue weighted by atomic mass is 16.2. The van der Waals surface area contributed by atoms with Gasteiger partial charge in [-0.25, -0.2) is 0 Å². The van der Waals surface area contributed by atoms with Gasteiger partial charge < -0.3 is 32.7 Å². The van der Waals surface area contributed by atoms with Crippen molar-refractivity contribution in [2.24, 2.45) is 11.5 Å². The van der Waals surface area contributed by atoms with Crippen LogP contribution in [0.15, 0.2) is 0 Å². The van der Waals surface area contributed by atoms with E-state index < -0.39 is 0 Å². The minimum absolute atomic E-state index is 0.0126. The fourth-order valence-corrected chi connectivity index (χ4v) is 3.51. The topological polar surface area (TPSA) is 117 Å². The van der Waals surface area contributed by atoms with Crippen LogP contribution >= 0.6 is 0 Å². The summed E-state index contributed by atoms with van der Waals surface area (Å²) in [5.74, 6) is -0.0126. The number of hydrogen-bond acceptors (Lipinski definition) is 6. The molecule has 0 spiro atoms. The van der Waals surface area contributed by atoms with E-state index >= 15 is 0 Å². The van der Waals surface area contributed by atoms with E-state index in [4.69, 9.17) is 11.5 Å². The van der Waals surface area contributed by atoms with Gasteiger partial charge >= 0.3 is 0 Å². The maximum atomic E-state index is 12.1. The largest absolute Gasteiger partial charge is 0.355 e. The maximum Gasteiger partial charge on any atom is 0.236 e. The predicted molar refractivity (Wildman–Crippen MR) is 130 cm³/mol. The molecule has 0 fully saturated rings. The average Bonchev–Trinajstić information content (AvgIpc) is 2.74. The summed E-state index contributed by atoms with van der Waals surface area (Å²) in [6.45, 7) is 11.0. The number of carbonyl (C=O) groups excluding carboxylic acids is 1. The number of rotatable bonds is 23. The van der Waals surface area contributed by atoms with Crippen molar-refractivity contribution < 1.29 is 4.79 Å². The molecule has 1 amide bonds. The van der Waals surface area contributed by atoms with E-state index in [1.165, 1.54) is 38.5 Å². The number of nitrogens with one attached hydrogen (secondary N) is 4. The Morgan fingerprint density at radius 2 is 1.30 bits per heavy atom. The van der Waals surface area contributed by atoms with Gasteiger partial charge in [-0.2, -0.15) is 0 Å². The van der Waals surface area contributed by atoms with Crippen molar-refractivity contribution >= 4 is 5.91 Å². The van der Waals surface area contributed by atoms with Crippen molar-refractivity contribution in [2.45, 2.75) is 96.6 Å². The summed E-state index contributed by atoms with van der Waals surface area (Å²) in [6.07, 6.45) is 12.1. The first-order chi connectivity index (χ1) is 14.7. The second kappa shape index (κ2) is 22.9. The third-order valence-electron chi connectivity index (χ3n) is 5.33. The van der Waals surface area contributed by atoms with Gasteiger partial charge in [-0.05, 0) is 90.6 Å². The van der Waals surface area contributed by atoms with Crippen LogP contribution < -0.4 is 32.7 Å². The zero-order valence-electron chi connectivity index (χ0n) is 19.9. The van der Waals surface area contributed by atoms with Crippen molar-refractivity contribution in [3.05, 3.63) is 0 Å². The summed E-state index contributed by atoms with van der Waals surface area (Å²) < 4.78 is 0. The molecule has 0 aromatic heterocycles. The molecule has 180 valence electrons. The molecule has 8 N–H and O–H groups in total. The second-order valence-electron chi connectivity index (χ2n) is 8.32. The second-order valence-corrected chi connectivity index (χ2v) is 8.32. The van der Waals surface area contributed by atoms with Crippen molar-refractivity contribution in [1.82, 2.24) is 21.3 Å². The Hall–Kier alpha value is -0.730. The van der Waals surface area contributed by atoms with E-state index in [1.54, 1.807) is 0 Å². The van der Waals surface area contributed by atoms with Crippen LogP contribution in [0.2, 0.25) is 0 Å². The molecule has 0 radical (unpaired) electrons. The molecule has 0 unspecified atom stereocenters. The van der Waals surface area contributed by atoms with Gasteiger partial charge in [0.05, 0.1) is 6.04 Å². The molecule has 0 aliphatic carbocycles. The molecule has 0 rings (SSSR count). The van der Waals surface area contributed by atoms with Crippen LogP contribution in [0.1, 0.15) is 84.5 Å². The molecule has 7 heteroatoms. The summed E-state index contributed by atoms with van der Waals surface area (Å²) in [5, 5.41) is 13.4. The lowest BCUT2D eigenvalue weighted by molar-refractivity contribution is -0.122. The molecule has 7 nitrogen and oxygen atoms in total. The zero-order valence-corrected chi connectivity index (χ0v) is 19.9. The normalized spacial score (nSPS) is 12.4. The Morgan fingerprint density at radius 3 is 1.90 bits per heavy atom. The smallest absolute Gasteiger partial charge is 0.236 e. The average molecular weight is 429 g/mol. The molecule has 0 aromatic carbocycles. The Kier molecular flexibility index (Phi) is 22.4. The first-order valence-electron chi connectivity index (χ1n) is 12.5. The number of amides is 1. The summed E-state index contributed by atoms with van der Waals surface area (Å²) in [5.41, 5.74) is 11.5. The maximum absolute atomic E-state index is 12.1. The van der Waals surface area contributed by atoms with Gasteiger partial charge in [0.2, 0.25) is 5.91 Å². The molecule has 0 bridgehead atoms. The highest BCUT2D eigenvalue weighted by Gasteiger charge is 2.12. The van der Waals surface area contributed by atoms with Gasteiger partial charge in [0.1, 0.15) is 0 Å². The monoisotopic (exact) mass is 428 g/mol. The summed E-state index contributed by atoms with van der Waals surface area (Å²) >= 11 is 0. The van der Waals surface area contributed by atoms with Gasteiger partial charge in [0, 0.05) is 12.6 Å². The highest BCUT2D eigenvalue weighted by Crippen LogP contribution is 2.05. The Morgan fingerprint density at radius 1 is 0.733 bits per heavy atom. The number of carbonyl (C=O) groups is 1. The molecule has 0 aliphatic rings. The molecular weight excluding hydrogens is 376 g/mol. The van der Waals surface area contributed by atoms with Gasteiger partial charge in [-0.3, -0.25) is 4.79 Å². The van der Waals surface area contributed by atoms with Crippen LogP contribution in [0.25, 0.3) is 0 Å². The first kappa shape index (κ1) is 29.3. The SMILES string of the molecule is CCCC(CCC)NCCCC[C@@H](N)C(=O)NCCCNCCCCNCCCN. The molecule has 0 heterocycles. The van der Waals surface area contributed by atoms with Crippen molar-refractivity contribution in [3.8, 4) is 0 Å². The van der Waals surface area contributed by atoms with E-state index in [0.717, 1.165) is 71.4 Å². The van der Waals surface area contributed by atoms with Crippen LogP contribution in [0.3, 0.4) is 0 Å². The fraction of sp³-hybridized carbons (Fsp3) is 0.957. The van der Waals surface area contributed by atoms with E-state index in [0.29, 0.717) is 12.6 Å². The van der Waals surface area contributed by atoms with E-state index in [9.17, 15) is 4.79 Å². The van der Waals surface area contributed by atoms with E-state index in [-0.39, 0.29) is 11.9 Å². The zero-order chi connectivity index (χ0) is 22.3. The Labute approximate surface area is 186 Å². The summed E-state index contributed by atoms with van der Waals surface area (Å²) in [7, 11) is 0. The Bertz CT molecular complexity index is 364. The lowest BCUT2D eigenvalue weighted by atomic mass is 10.1. The van der Waals surface area contributed by atoms with Gasteiger partial charge in [-0.1, -0.05) is 33.1 Å². The molecule has 1 atom stereocenters. The van der Waals surface area contributed by atoms with E-state index in [2.05, 4.69) is 35.1 Å². The molecule has 30 heavy (non-hydrogen) atoms. The third-order valence-corrected chi connectivity index (χ3v) is 5.33. The number of nitrogens with two attached hydrogens (primary N) is 2. The number of hydrogen-bond donors (Lipinski definition) is 6. The standard InChI is InChI=1S/C23H52N6O/c1-3-11-21(12-4-2)28-19-6-5-13-22(25)23(30)29-20-10-18-27-16-8-7-15-26-17-9-14-24/h21-22,26-28H,3-20,24-25H2,1-2H3,(H,29,30)/t22-/m1/s1. The van der Waals surface area contributed by atoms with Crippen molar-refractivity contribution in [1.29, 1.82) is 0 Å². The quantitative estimate of drug-likeness (QED) is 0.138. The minimum atomic E-state index is -0.383. The summed E-state index contributed by atoms with van der Waals surface area (Å²) in [4.78, 5) is 12.1. The molecular formula is C23H52N6O. The number of unbranched alkanes of at least 4 members (excludes halogenated alkanes) is 2. The first-order valence-corrected chi connectivity index (χ1v) is 12.5. The van der Waals surface area contributed by atoms with Crippen molar-refractivity contribution in [3.63, 3.8) is 0 Å².